The number of aryl methyl sites for hydroxylation is 1. The van der Waals surface area contributed by atoms with Gasteiger partial charge in [0.2, 0.25) is 0 Å². The molecule has 0 bridgehead atoms. The first-order valence-electron chi connectivity index (χ1n) is 6.58. The molecule has 0 unspecified atom stereocenters. The molecule has 0 radical (unpaired) electrons. The molecule has 2 atom stereocenters. The fourth-order valence-electron chi connectivity index (χ4n) is 3.05. The Morgan fingerprint density at radius 3 is 2.67 bits per heavy atom. The van der Waals surface area contributed by atoms with Gasteiger partial charge in [-0.05, 0) is 55.4 Å². The van der Waals surface area contributed by atoms with Crippen LogP contribution in [0.25, 0.3) is 0 Å². The average Bonchev–Trinajstić information content (AvgIpc) is 2.30. The van der Waals surface area contributed by atoms with Gasteiger partial charge in [0.25, 0.3) is 5.92 Å². The fraction of sp³-hybridized carbons (Fsp3) is 0.600. The summed E-state index contributed by atoms with van der Waals surface area (Å²) in [5, 5.41) is 0. The van der Waals surface area contributed by atoms with Crippen LogP contribution < -0.4 is 0 Å². The van der Waals surface area contributed by atoms with Crippen molar-refractivity contribution < 1.29 is 13.2 Å². The first kappa shape index (κ1) is 13.4. The van der Waals surface area contributed by atoms with Gasteiger partial charge in [-0.25, -0.2) is 13.2 Å². The second-order valence-corrected chi connectivity index (χ2v) is 5.34. The molecule has 0 aliphatic heterocycles. The van der Waals surface area contributed by atoms with Crippen molar-refractivity contribution in [2.24, 2.45) is 5.92 Å². The number of hydrogen-bond acceptors (Lipinski definition) is 0. The Morgan fingerprint density at radius 1 is 1.33 bits per heavy atom. The zero-order valence-corrected chi connectivity index (χ0v) is 10.8. The summed E-state index contributed by atoms with van der Waals surface area (Å²) in [7, 11) is 0. The topological polar surface area (TPSA) is 0 Å². The van der Waals surface area contributed by atoms with Gasteiger partial charge in [0.1, 0.15) is 5.82 Å². The molecule has 100 valence electrons. The molecule has 0 N–H and O–H groups in total. The van der Waals surface area contributed by atoms with Crippen molar-refractivity contribution >= 4 is 0 Å². The molecule has 18 heavy (non-hydrogen) atoms. The number of halogens is 3. The van der Waals surface area contributed by atoms with Crippen molar-refractivity contribution in [1.82, 2.24) is 0 Å². The second-order valence-electron chi connectivity index (χ2n) is 5.34. The van der Waals surface area contributed by atoms with Gasteiger partial charge in [0, 0.05) is 12.3 Å². The minimum atomic E-state index is -2.53. The summed E-state index contributed by atoms with van der Waals surface area (Å²) in [4.78, 5) is 0. The largest absolute Gasteiger partial charge is 0.250 e. The lowest BCUT2D eigenvalue weighted by Gasteiger charge is -2.36. The molecule has 1 aliphatic carbocycles. The summed E-state index contributed by atoms with van der Waals surface area (Å²) in [5.74, 6) is -3.18. The van der Waals surface area contributed by atoms with Crippen LogP contribution >= 0.6 is 0 Å². The van der Waals surface area contributed by atoms with E-state index in [0.717, 1.165) is 11.1 Å². The molecule has 1 fully saturated rings. The lowest BCUT2D eigenvalue weighted by molar-refractivity contribution is -0.0911. The second kappa shape index (κ2) is 4.94. The Balaban J connectivity index is 2.20. The van der Waals surface area contributed by atoms with Crippen LogP contribution in [-0.2, 0) is 0 Å². The van der Waals surface area contributed by atoms with E-state index in [4.69, 9.17) is 0 Å². The van der Waals surface area contributed by atoms with Crippen molar-refractivity contribution in [3.8, 4) is 0 Å². The van der Waals surface area contributed by atoms with Crippen LogP contribution in [0.2, 0.25) is 0 Å². The summed E-state index contributed by atoms with van der Waals surface area (Å²) in [6.07, 6.45) is 1.46. The molecule has 3 heteroatoms. The van der Waals surface area contributed by atoms with Crippen LogP contribution in [0.1, 0.15) is 49.7 Å². The Hall–Kier alpha value is -0.990. The van der Waals surface area contributed by atoms with Crippen LogP contribution in [-0.4, -0.2) is 5.92 Å². The molecule has 0 amide bonds. The summed E-state index contributed by atoms with van der Waals surface area (Å²) in [6, 6.07) is 4.67. The van der Waals surface area contributed by atoms with E-state index in [9.17, 15) is 13.2 Å². The lowest BCUT2D eigenvalue weighted by atomic mass is 9.74. The van der Waals surface area contributed by atoms with Crippen LogP contribution in [0.4, 0.5) is 13.2 Å². The van der Waals surface area contributed by atoms with Gasteiger partial charge < -0.3 is 0 Å². The smallest absolute Gasteiger partial charge is 0.207 e. The molecule has 1 saturated carbocycles. The van der Waals surface area contributed by atoms with Gasteiger partial charge in [0.05, 0.1) is 0 Å². The third-order valence-electron chi connectivity index (χ3n) is 4.16. The van der Waals surface area contributed by atoms with E-state index in [1.165, 1.54) is 12.1 Å². The maximum atomic E-state index is 13.7. The zero-order valence-electron chi connectivity index (χ0n) is 10.8. The van der Waals surface area contributed by atoms with Crippen LogP contribution in [0.15, 0.2) is 18.2 Å². The molecule has 0 saturated heterocycles. The normalized spacial score (nSPS) is 27.2. The van der Waals surface area contributed by atoms with Gasteiger partial charge in [-0.1, -0.05) is 13.0 Å². The standard InChI is InChI=1S/C15H19F3/c1-3-12-9-11(6-7-15(12,17)18)14-5-4-13(16)8-10(14)2/h4-5,8,11-12H,3,6-7,9H2,1-2H3/t11-,12-/m1/s1. The molecule has 0 aromatic heterocycles. The van der Waals surface area contributed by atoms with Crippen LogP contribution in [0.5, 0.6) is 0 Å². The Kier molecular flexibility index (Phi) is 3.69. The lowest BCUT2D eigenvalue weighted by Crippen LogP contribution is -2.34. The highest BCUT2D eigenvalue weighted by molar-refractivity contribution is 5.30. The van der Waals surface area contributed by atoms with E-state index < -0.39 is 11.8 Å². The summed E-state index contributed by atoms with van der Waals surface area (Å²) >= 11 is 0. The monoisotopic (exact) mass is 256 g/mol. The third-order valence-corrected chi connectivity index (χ3v) is 4.16. The van der Waals surface area contributed by atoms with Crippen molar-refractivity contribution in [3.05, 3.63) is 35.1 Å². The van der Waals surface area contributed by atoms with Crippen molar-refractivity contribution in [2.45, 2.75) is 51.4 Å². The van der Waals surface area contributed by atoms with Gasteiger partial charge in [-0.15, -0.1) is 0 Å². The van der Waals surface area contributed by atoms with Crippen LogP contribution in [0, 0.1) is 18.7 Å². The third kappa shape index (κ3) is 2.55. The first-order valence-corrected chi connectivity index (χ1v) is 6.58. The van der Waals surface area contributed by atoms with Gasteiger partial charge in [0.15, 0.2) is 0 Å². The summed E-state index contributed by atoms with van der Waals surface area (Å²) < 4.78 is 40.4. The molecular weight excluding hydrogens is 237 g/mol. The minimum Gasteiger partial charge on any atom is -0.207 e. The van der Waals surface area contributed by atoms with E-state index >= 15 is 0 Å². The zero-order chi connectivity index (χ0) is 13.3. The fourth-order valence-corrected chi connectivity index (χ4v) is 3.05. The SMILES string of the molecule is CC[C@@H]1C[C@H](c2ccc(F)cc2C)CCC1(F)F. The molecule has 0 nitrogen and oxygen atoms in total. The van der Waals surface area contributed by atoms with Gasteiger partial charge >= 0.3 is 0 Å². The maximum Gasteiger partial charge on any atom is 0.250 e. The number of alkyl halides is 2. The number of hydrogen-bond donors (Lipinski definition) is 0. The number of benzene rings is 1. The molecule has 1 aromatic carbocycles. The van der Waals surface area contributed by atoms with Gasteiger partial charge in [-0.2, -0.15) is 0 Å². The average molecular weight is 256 g/mol. The Labute approximate surface area is 106 Å². The van der Waals surface area contributed by atoms with E-state index in [-0.39, 0.29) is 18.2 Å². The van der Waals surface area contributed by atoms with Crippen LogP contribution in [0.3, 0.4) is 0 Å². The highest BCUT2D eigenvalue weighted by Crippen LogP contribution is 2.46. The van der Waals surface area contributed by atoms with Crippen molar-refractivity contribution in [1.29, 1.82) is 0 Å². The summed E-state index contributed by atoms with van der Waals surface area (Å²) in [5.41, 5.74) is 1.91. The molecule has 2 rings (SSSR count). The van der Waals surface area contributed by atoms with E-state index in [2.05, 4.69) is 0 Å². The molecule has 1 aromatic rings. The van der Waals surface area contributed by atoms with Gasteiger partial charge in [-0.3, -0.25) is 0 Å². The highest BCUT2D eigenvalue weighted by Gasteiger charge is 2.43. The first-order chi connectivity index (χ1) is 8.44. The minimum absolute atomic E-state index is 0.0486. The molecule has 0 heterocycles. The Bertz CT molecular complexity index is 426. The van der Waals surface area contributed by atoms with Crippen molar-refractivity contribution in [3.63, 3.8) is 0 Å². The van der Waals surface area contributed by atoms with Crippen molar-refractivity contribution in [2.75, 3.05) is 0 Å². The molecule has 1 aliphatic rings. The van der Waals surface area contributed by atoms with E-state index in [0.29, 0.717) is 19.3 Å². The maximum absolute atomic E-state index is 13.7. The molecule has 0 spiro atoms. The summed E-state index contributed by atoms with van der Waals surface area (Å²) in [6.45, 7) is 3.67. The predicted octanol–water partition coefficient (Wildman–Crippen LogP) is 5.06. The molecular formula is C15H19F3. The Morgan fingerprint density at radius 2 is 2.06 bits per heavy atom. The highest BCUT2D eigenvalue weighted by atomic mass is 19.3. The number of rotatable bonds is 2. The predicted molar refractivity (Wildman–Crippen MR) is 66.5 cm³/mol. The quantitative estimate of drug-likeness (QED) is 0.693. The van der Waals surface area contributed by atoms with E-state index in [1.807, 2.05) is 13.8 Å². The van der Waals surface area contributed by atoms with E-state index in [1.54, 1.807) is 6.07 Å².